The van der Waals surface area contributed by atoms with Gasteiger partial charge in [0.05, 0.1) is 6.26 Å². The number of hydrogen-bond acceptors (Lipinski definition) is 4. The number of pyridine rings is 1. The van der Waals surface area contributed by atoms with E-state index in [-0.39, 0.29) is 6.61 Å². The number of aliphatic hydroxyl groups is 1. The van der Waals surface area contributed by atoms with Crippen LogP contribution in [0.15, 0.2) is 24.4 Å². The molecule has 80 valence electrons. The van der Waals surface area contributed by atoms with Crippen LogP contribution < -0.4 is 0 Å². The molecule has 1 heterocycles. The zero-order valence-electron chi connectivity index (χ0n) is 7.79. The molecule has 0 aromatic carbocycles. The summed E-state index contributed by atoms with van der Waals surface area (Å²) < 4.78 is 25.9. The Labute approximate surface area is 83.2 Å². The second-order valence-corrected chi connectivity index (χ2v) is 3.99. The van der Waals surface area contributed by atoms with Crippen LogP contribution in [-0.2, 0) is 16.5 Å². The van der Waals surface area contributed by atoms with Crippen LogP contribution in [-0.4, -0.2) is 35.9 Å². The van der Waals surface area contributed by atoms with E-state index >= 15 is 0 Å². The molecule has 0 unspecified atom stereocenters. The molecule has 0 bridgehead atoms. The van der Waals surface area contributed by atoms with E-state index < -0.39 is 10.1 Å². The van der Waals surface area contributed by atoms with Crippen LogP contribution in [0.3, 0.4) is 0 Å². The van der Waals surface area contributed by atoms with Crippen LogP contribution in [0, 0.1) is 0 Å². The molecule has 1 aromatic rings. The first-order valence-corrected chi connectivity index (χ1v) is 5.71. The van der Waals surface area contributed by atoms with Gasteiger partial charge in [-0.15, -0.1) is 0 Å². The molecule has 0 saturated heterocycles. The topological polar surface area (TPSA) is 87.5 Å². The number of nitrogens with zero attached hydrogens (tertiary/aromatic N) is 1. The van der Waals surface area contributed by atoms with E-state index in [4.69, 9.17) is 9.66 Å². The van der Waals surface area contributed by atoms with Crippen molar-refractivity contribution in [3.05, 3.63) is 30.1 Å². The van der Waals surface area contributed by atoms with Gasteiger partial charge in [0, 0.05) is 24.9 Å². The molecule has 0 radical (unpaired) electrons. The third kappa shape index (κ3) is 11.0. The highest BCUT2D eigenvalue weighted by Crippen LogP contribution is 1.92. The van der Waals surface area contributed by atoms with E-state index in [0.717, 1.165) is 5.69 Å². The Balaban J connectivity index is 0.000000292. The molecular formula is C8H13NO4S. The van der Waals surface area contributed by atoms with E-state index in [9.17, 15) is 8.42 Å². The van der Waals surface area contributed by atoms with Crippen LogP contribution in [0.5, 0.6) is 0 Å². The Morgan fingerprint density at radius 2 is 2.00 bits per heavy atom. The Hall–Kier alpha value is -0.980. The molecule has 6 heteroatoms. The van der Waals surface area contributed by atoms with Gasteiger partial charge in [-0.05, 0) is 12.1 Å². The fourth-order valence-electron chi connectivity index (χ4n) is 0.661. The summed E-state index contributed by atoms with van der Waals surface area (Å²) in [6.45, 7) is 0.178. The molecule has 14 heavy (non-hydrogen) atoms. The van der Waals surface area contributed by atoms with E-state index in [1.54, 1.807) is 6.20 Å². The summed E-state index contributed by atoms with van der Waals surface area (Å²) in [7, 11) is -3.67. The van der Waals surface area contributed by atoms with Gasteiger partial charge in [-0.2, -0.15) is 8.42 Å². The first-order chi connectivity index (χ1) is 6.43. The van der Waals surface area contributed by atoms with Gasteiger partial charge >= 0.3 is 0 Å². The highest BCUT2D eigenvalue weighted by molar-refractivity contribution is 7.85. The lowest BCUT2D eigenvalue weighted by Crippen LogP contribution is -1.91. The van der Waals surface area contributed by atoms with Gasteiger partial charge in [0.2, 0.25) is 0 Å². The lowest BCUT2D eigenvalue weighted by atomic mass is 10.3. The monoisotopic (exact) mass is 219 g/mol. The fraction of sp³-hybridized carbons (Fsp3) is 0.375. The Morgan fingerprint density at radius 3 is 2.36 bits per heavy atom. The molecule has 5 nitrogen and oxygen atoms in total. The summed E-state index contributed by atoms with van der Waals surface area (Å²) in [5, 5.41) is 8.48. The van der Waals surface area contributed by atoms with Crippen molar-refractivity contribution >= 4 is 10.1 Å². The van der Waals surface area contributed by atoms with Crippen LogP contribution in [0.25, 0.3) is 0 Å². The molecule has 0 atom stereocenters. The van der Waals surface area contributed by atoms with Crippen molar-refractivity contribution in [3.63, 3.8) is 0 Å². The van der Waals surface area contributed by atoms with E-state index in [1.807, 2.05) is 18.2 Å². The molecule has 1 rings (SSSR count). The van der Waals surface area contributed by atoms with Gasteiger partial charge in [0.15, 0.2) is 0 Å². The summed E-state index contributed by atoms with van der Waals surface area (Å²) >= 11 is 0. The number of hydrogen-bond donors (Lipinski definition) is 2. The van der Waals surface area contributed by atoms with Crippen LogP contribution >= 0.6 is 0 Å². The number of aliphatic hydroxyl groups excluding tert-OH is 1. The van der Waals surface area contributed by atoms with Crippen molar-refractivity contribution in [3.8, 4) is 0 Å². The maximum Gasteiger partial charge on any atom is 0.261 e. The average molecular weight is 219 g/mol. The standard InChI is InChI=1S/C7H9NO.CH4O3S/c9-6-4-7-3-1-2-5-8-7;1-5(2,3)4/h1-3,5,9H,4,6H2;1H3,(H,2,3,4). The average Bonchev–Trinajstić information content (AvgIpc) is 2.03. The third-order valence-corrected chi connectivity index (χ3v) is 1.09. The third-order valence-electron chi connectivity index (χ3n) is 1.09. The molecule has 1 aromatic heterocycles. The number of rotatable bonds is 2. The van der Waals surface area contributed by atoms with Gasteiger partial charge in [0.1, 0.15) is 0 Å². The van der Waals surface area contributed by atoms with Crippen molar-refractivity contribution in [1.29, 1.82) is 0 Å². The van der Waals surface area contributed by atoms with E-state index in [0.29, 0.717) is 12.7 Å². The van der Waals surface area contributed by atoms with Crippen molar-refractivity contribution in [2.75, 3.05) is 12.9 Å². The number of aromatic nitrogens is 1. The zero-order valence-corrected chi connectivity index (χ0v) is 8.61. The molecule has 0 aliphatic heterocycles. The van der Waals surface area contributed by atoms with Gasteiger partial charge in [0.25, 0.3) is 10.1 Å². The maximum atomic E-state index is 9.19. The molecule has 2 N–H and O–H groups in total. The molecule has 0 amide bonds. The zero-order chi connectivity index (χ0) is 11.0. The first-order valence-electron chi connectivity index (χ1n) is 3.86. The van der Waals surface area contributed by atoms with Crippen molar-refractivity contribution in [2.24, 2.45) is 0 Å². The summed E-state index contributed by atoms with van der Waals surface area (Å²) in [5.74, 6) is 0. The Kier molecular flexibility index (Phi) is 6.02. The minimum Gasteiger partial charge on any atom is -0.396 e. The second kappa shape index (κ2) is 6.47. The molecule has 0 fully saturated rings. The predicted octanol–water partition coefficient (Wildman–Crippen LogP) is 0.120. The van der Waals surface area contributed by atoms with E-state index in [2.05, 4.69) is 4.98 Å². The molecular weight excluding hydrogens is 206 g/mol. The molecule has 0 aliphatic rings. The smallest absolute Gasteiger partial charge is 0.261 e. The highest BCUT2D eigenvalue weighted by atomic mass is 32.2. The lowest BCUT2D eigenvalue weighted by molar-refractivity contribution is 0.298. The summed E-state index contributed by atoms with van der Waals surface area (Å²) in [6, 6.07) is 5.68. The SMILES string of the molecule is CS(=O)(=O)O.OCCc1ccccn1. The van der Waals surface area contributed by atoms with Gasteiger partial charge in [-0.3, -0.25) is 9.54 Å². The second-order valence-electron chi connectivity index (χ2n) is 2.53. The van der Waals surface area contributed by atoms with Gasteiger partial charge < -0.3 is 5.11 Å². The minimum absolute atomic E-state index is 0.178. The lowest BCUT2D eigenvalue weighted by Gasteiger charge is -1.92. The largest absolute Gasteiger partial charge is 0.396 e. The molecule has 0 spiro atoms. The van der Waals surface area contributed by atoms with Gasteiger partial charge in [-0.1, -0.05) is 6.07 Å². The molecule has 0 saturated carbocycles. The maximum absolute atomic E-state index is 9.19. The van der Waals surface area contributed by atoms with Crippen molar-refractivity contribution < 1.29 is 18.1 Å². The quantitative estimate of drug-likeness (QED) is 0.690. The highest BCUT2D eigenvalue weighted by Gasteiger charge is 1.87. The summed E-state index contributed by atoms with van der Waals surface area (Å²) in [5.41, 5.74) is 0.944. The van der Waals surface area contributed by atoms with Crippen molar-refractivity contribution in [1.82, 2.24) is 4.98 Å². The fourth-order valence-corrected chi connectivity index (χ4v) is 0.661. The predicted molar refractivity (Wildman–Crippen MR) is 52.5 cm³/mol. The van der Waals surface area contributed by atoms with E-state index in [1.165, 1.54) is 0 Å². The van der Waals surface area contributed by atoms with Crippen LogP contribution in [0.4, 0.5) is 0 Å². The van der Waals surface area contributed by atoms with Crippen molar-refractivity contribution in [2.45, 2.75) is 6.42 Å². The van der Waals surface area contributed by atoms with Crippen LogP contribution in [0.1, 0.15) is 5.69 Å². The summed E-state index contributed by atoms with van der Waals surface area (Å²) in [4.78, 5) is 4.01. The first kappa shape index (κ1) is 13.0. The summed E-state index contributed by atoms with van der Waals surface area (Å²) in [6.07, 6.45) is 3.10. The van der Waals surface area contributed by atoms with Crippen LogP contribution in [0.2, 0.25) is 0 Å². The molecule has 0 aliphatic carbocycles. The van der Waals surface area contributed by atoms with Gasteiger partial charge in [-0.25, -0.2) is 0 Å². The minimum atomic E-state index is -3.67. The normalized spacial score (nSPS) is 10.2. The Morgan fingerprint density at radius 1 is 1.43 bits per heavy atom. The Bertz CT molecular complexity index is 328.